The summed E-state index contributed by atoms with van der Waals surface area (Å²) in [5.74, 6) is 1.69. The molecule has 0 aromatic heterocycles. The fourth-order valence-corrected chi connectivity index (χ4v) is 4.65. The van der Waals surface area contributed by atoms with Crippen molar-refractivity contribution in [3.63, 3.8) is 0 Å². The fraction of sp³-hybridized carbons (Fsp3) is 1.00. The van der Waals surface area contributed by atoms with Crippen LogP contribution in [0.1, 0.15) is 79.6 Å². The van der Waals surface area contributed by atoms with Crippen LogP contribution < -0.4 is 5.32 Å². The molecule has 124 valence electrons. The van der Waals surface area contributed by atoms with Gasteiger partial charge in [-0.15, -0.1) is 0 Å². The average Bonchev–Trinajstić information content (AvgIpc) is 2.80. The Morgan fingerprint density at radius 3 is 2.48 bits per heavy atom. The van der Waals surface area contributed by atoms with Gasteiger partial charge < -0.3 is 10.1 Å². The Bertz CT molecular complexity index is 315. The van der Waals surface area contributed by atoms with Crippen LogP contribution >= 0.6 is 0 Å². The van der Waals surface area contributed by atoms with Gasteiger partial charge in [0.2, 0.25) is 0 Å². The van der Waals surface area contributed by atoms with E-state index in [4.69, 9.17) is 4.74 Å². The van der Waals surface area contributed by atoms with Crippen LogP contribution in [0.4, 0.5) is 0 Å². The third-order valence-corrected chi connectivity index (χ3v) is 5.85. The predicted molar refractivity (Wildman–Crippen MR) is 90.6 cm³/mol. The van der Waals surface area contributed by atoms with Crippen LogP contribution in [0.2, 0.25) is 0 Å². The van der Waals surface area contributed by atoms with Gasteiger partial charge in [-0.2, -0.15) is 0 Å². The van der Waals surface area contributed by atoms with Gasteiger partial charge in [0.05, 0.1) is 12.2 Å². The highest BCUT2D eigenvalue weighted by Crippen LogP contribution is 2.44. The van der Waals surface area contributed by atoms with Crippen LogP contribution in [0, 0.1) is 17.3 Å². The SMILES string of the molecule is CCCNC1CC(C)CCC1C(C)(C)CC1CCC(C)O1. The second-order valence-electron chi connectivity index (χ2n) is 8.42. The molecule has 21 heavy (non-hydrogen) atoms. The maximum absolute atomic E-state index is 6.11. The highest BCUT2D eigenvalue weighted by Gasteiger charge is 2.40. The van der Waals surface area contributed by atoms with Gasteiger partial charge in [-0.05, 0) is 69.2 Å². The van der Waals surface area contributed by atoms with Crippen molar-refractivity contribution in [3.05, 3.63) is 0 Å². The first-order chi connectivity index (χ1) is 9.92. The Labute approximate surface area is 132 Å². The van der Waals surface area contributed by atoms with Gasteiger partial charge in [0.25, 0.3) is 0 Å². The minimum Gasteiger partial charge on any atom is -0.375 e. The van der Waals surface area contributed by atoms with Gasteiger partial charge in [0.15, 0.2) is 0 Å². The highest BCUT2D eigenvalue weighted by atomic mass is 16.5. The number of hydrogen-bond acceptors (Lipinski definition) is 2. The normalized spacial score (nSPS) is 37.9. The summed E-state index contributed by atoms with van der Waals surface area (Å²) in [6.07, 6.45) is 10.1. The first kappa shape index (κ1) is 17.3. The third kappa shape index (κ3) is 4.69. The molecular weight excluding hydrogens is 258 g/mol. The predicted octanol–water partition coefficient (Wildman–Crippen LogP) is 4.77. The van der Waals surface area contributed by atoms with Crippen molar-refractivity contribution in [2.45, 2.75) is 97.8 Å². The molecule has 1 heterocycles. The highest BCUT2D eigenvalue weighted by molar-refractivity contribution is 4.93. The lowest BCUT2D eigenvalue weighted by Gasteiger charge is -2.45. The second kappa shape index (κ2) is 7.46. The summed E-state index contributed by atoms with van der Waals surface area (Å²) in [6.45, 7) is 13.1. The molecule has 1 saturated heterocycles. The molecule has 2 fully saturated rings. The zero-order chi connectivity index (χ0) is 15.5. The maximum Gasteiger partial charge on any atom is 0.0584 e. The molecule has 0 radical (unpaired) electrons. The van der Waals surface area contributed by atoms with Crippen LogP contribution in [0.5, 0.6) is 0 Å². The molecule has 2 aliphatic rings. The lowest BCUT2D eigenvalue weighted by atomic mass is 9.64. The summed E-state index contributed by atoms with van der Waals surface area (Å²) in [5.41, 5.74) is 0.389. The van der Waals surface area contributed by atoms with Crippen LogP contribution in [-0.2, 0) is 4.74 Å². The van der Waals surface area contributed by atoms with E-state index in [0.717, 1.165) is 11.8 Å². The van der Waals surface area contributed by atoms with Crippen molar-refractivity contribution < 1.29 is 4.74 Å². The zero-order valence-corrected chi connectivity index (χ0v) is 15.0. The Morgan fingerprint density at radius 2 is 1.86 bits per heavy atom. The molecule has 0 amide bonds. The molecule has 5 atom stereocenters. The van der Waals surface area contributed by atoms with E-state index >= 15 is 0 Å². The lowest BCUT2D eigenvalue weighted by Crippen LogP contribution is -2.47. The Hall–Kier alpha value is -0.0800. The van der Waals surface area contributed by atoms with Gasteiger partial charge in [-0.25, -0.2) is 0 Å². The fourth-order valence-electron chi connectivity index (χ4n) is 4.65. The first-order valence-corrected chi connectivity index (χ1v) is 9.31. The van der Waals surface area contributed by atoms with E-state index in [9.17, 15) is 0 Å². The molecule has 2 rings (SSSR count). The van der Waals surface area contributed by atoms with Crippen molar-refractivity contribution in [2.75, 3.05) is 6.54 Å². The molecule has 2 heteroatoms. The van der Waals surface area contributed by atoms with Crippen molar-refractivity contribution in [1.29, 1.82) is 0 Å². The number of hydrogen-bond donors (Lipinski definition) is 1. The lowest BCUT2D eigenvalue weighted by molar-refractivity contribution is -0.00124. The van der Waals surface area contributed by atoms with Crippen molar-refractivity contribution in [1.82, 2.24) is 5.32 Å². The van der Waals surface area contributed by atoms with Crippen molar-refractivity contribution >= 4 is 0 Å². The first-order valence-electron chi connectivity index (χ1n) is 9.31. The summed E-state index contributed by atoms with van der Waals surface area (Å²) in [5, 5.41) is 3.85. The third-order valence-electron chi connectivity index (χ3n) is 5.85. The Kier molecular flexibility index (Phi) is 6.14. The van der Waals surface area contributed by atoms with Gasteiger partial charge in [-0.3, -0.25) is 0 Å². The van der Waals surface area contributed by atoms with E-state index < -0.39 is 0 Å². The molecule has 0 aromatic rings. The Morgan fingerprint density at radius 1 is 1.10 bits per heavy atom. The number of nitrogens with one attached hydrogen (secondary N) is 1. The van der Waals surface area contributed by atoms with Gasteiger partial charge in [0, 0.05) is 6.04 Å². The topological polar surface area (TPSA) is 21.3 Å². The van der Waals surface area contributed by atoms with Crippen molar-refractivity contribution in [3.8, 4) is 0 Å². The average molecular weight is 296 g/mol. The van der Waals surface area contributed by atoms with Crippen LogP contribution in [0.15, 0.2) is 0 Å². The number of ether oxygens (including phenoxy) is 1. The van der Waals surface area contributed by atoms with E-state index in [1.54, 1.807) is 0 Å². The zero-order valence-electron chi connectivity index (χ0n) is 15.0. The summed E-state index contributed by atoms with van der Waals surface area (Å²) in [6, 6.07) is 0.711. The minimum atomic E-state index is 0.389. The van der Waals surface area contributed by atoms with Gasteiger partial charge in [-0.1, -0.05) is 34.1 Å². The smallest absolute Gasteiger partial charge is 0.0584 e. The summed E-state index contributed by atoms with van der Waals surface area (Å²) >= 11 is 0. The molecule has 1 saturated carbocycles. The summed E-state index contributed by atoms with van der Waals surface area (Å²) < 4.78 is 6.11. The molecule has 1 aliphatic heterocycles. The van der Waals surface area contributed by atoms with Crippen LogP contribution in [0.25, 0.3) is 0 Å². The van der Waals surface area contributed by atoms with Gasteiger partial charge in [0.1, 0.15) is 0 Å². The maximum atomic E-state index is 6.11. The van der Waals surface area contributed by atoms with Crippen LogP contribution in [0.3, 0.4) is 0 Å². The van der Waals surface area contributed by atoms with Crippen LogP contribution in [-0.4, -0.2) is 24.8 Å². The number of rotatable bonds is 6. The summed E-state index contributed by atoms with van der Waals surface area (Å²) in [7, 11) is 0. The van der Waals surface area contributed by atoms with E-state index in [0.29, 0.717) is 23.7 Å². The second-order valence-corrected chi connectivity index (χ2v) is 8.42. The molecule has 0 aromatic carbocycles. The molecule has 1 N–H and O–H groups in total. The minimum absolute atomic E-state index is 0.389. The quantitative estimate of drug-likeness (QED) is 0.762. The van der Waals surface area contributed by atoms with E-state index in [2.05, 4.69) is 39.9 Å². The molecule has 1 aliphatic carbocycles. The van der Waals surface area contributed by atoms with E-state index in [-0.39, 0.29) is 0 Å². The molecule has 0 bridgehead atoms. The largest absolute Gasteiger partial charge is 0.375 e. The molecular formula is C19H37NO. The molecule has 2 nitrogen and oxygen atoms in total. The van der Waals surface area contributed by atoms with Gasteiger partial charge >= 0.3 is 0 Å². The monoisotopic (exact) mass is 295 g/mol. The van der Waals surface area contributed by atoms with E-state index in [1.807, 2.05) is 0 Å². The summed E-state index contributed by atoms with van der Waals surface area (Å²) in [4.78, 5) is 0. The standard InChI is InChI=1S/C19H37NO/c1-6-11-20-18-12-14(2)7-10-17(18)19(4,5)13-16-9-8-15(3)21-16/h14-18,20H,6-13H2,1-5H3. The molecule has 5 unspecified atom stereocenters. The van der Waals surface area contributed by atoms with Crippen molar-refractivity contribution in [2.24, 2.45) is 17.3 Å². The van der Waals surface area contributed by atoms with E-state index in [1.165, 1.54) is 51.5 Å². The Balaban J connectivity index is 1.97. The molecule has 0 spiro atoms.